The van der Waals surface area contributed by atoms with E-state index in [0.29, 0.717) is 22.8 Å². The molecule has 54 heavy (non-hydrogen) atoms. The molecule has 0 radical (unpaired) electrons. The van der Waals surface area contributed by atoms with E-state index in [1.54, 1.807) is 0 Å². The van der Waals surface area contributed by atoms with Gasteiger partial charge in [-0.15, -0.1) is 0 Å². The monoisotopic (exact) mass is 708 g/mol. The van der Waals surface area contributed by atoms with Crippen LogP contribution in [-0.2, 0) is 0 Å². The first-order valence-corrected chi connectivity index (χ1v) is 18.1. The van der Waals surface area contributed by atoms with Crippen molar-refractivity contribution in [2.24, 2.45) is 0 Å². The molecule has 2 aromatic heterocycles. The lowest BCUT2D eigenvalue weighted by Crippen LogP contribution is -2.01. The van der Waals surface area contributed by atoms with Crippen LogP contribution >= 0.6 is 0 Å². The molecule has 2 heterocycles. The molecule has 0 bridgehead atoms. The Hall–Kier alpha value is -6.66. The van der Waals surface area contributed by atoms with Crippen LogP contribution in [0.25, 0.3) is 56.4 Å². The SMILES string of the molecule is Cc1ccc(-c2nn(-c3cccc(C)c3)c(-c3ccc(C)cc3)c2O)cc1.Cc1ccc(-c2nn(-c3ccccc3C)c(-c3ccc(C)cc3)c2O)cc1. The molecule has 6 nitrogen and oxygen atoms in total. The summed E-state index contributed by atoms with van der Waals surface area (Å²) in [7, 11) is 0. The van der Waals surface area contributed by atoms with Crippen molar-refractivity contribution < 1.29 is 10.2 Å². The molecule has 0 aliphatic heterocycles. The number of rotatable bonds is 6. The fourth-order valence-electron chi connectivity index (χ4n) is 6.49. The molecule has 8 rings (SSSR count). The van der Waals surface area contributed by atoms with Crippen LogP contribution in [0.2, 0.25) is 0 Å². The third-order valence-electron chi connectivity index (χ3n) is 9.61. The first-order valence-electron chi connectivity index (χ1n) is 18.1. The van der Waals surface area contributed by atoms with Crippen LogP contribution < -0.4 is 0 Å². The van der Waals surface area contributed by atoms with Gasteiger partial charge < -0.3 is 10.2 Å². The predicted molar refractivity (Wildman–Crippen MR) is 221 cm³/mol. The van der Waals surface area contributed by atoms with Gasteiger partial charge in [0.1, 0.15) is 22.8 Å². The Morgan fingerprint density at radius 3 is 1.24 bits per heavy atom. The zero-order chi connectivity index (χ0) is 37.9. The van der Waals surface area contributed by atoms with E-state index in [0.717, 1.165) is 44.8 Å². The largest absolute Gasteiger partial charge is 0.504 e. The van der Waals surface area contributed by atoms with Gasteiger partial charge in [-0.05, 0) is 70.9 Å². The van der Waals surface area contributed by atoms with E-state index in [4.69, 9.17) is 10.2 Å². The maximum absolute atomic E-state index is 11.1. The zero-order valence-corrected chi connectivity index (χ0v) is 31.5. The van der Waals surface area contributed by atoms with Crippen molar-refractivity contribution in [3.63, 3.8) is 0 Å². The Morgan fingerprint density at radius 1 is 0.389 bits per heavy atom. The van der Waals surface area contributed by atoms with Crippen molar-refractivity contribution in [2.45, 2.75) is 41.5 Å². The summed E-state index contributed by atoms with van der Waals surface area (Å²) in [6.07, 6.45) is 0. The first-order chi connectivity index (χ1) is 26.1. The van der Waals surface area contributed by atoms with Gasteiger partial charge >= 0.3 is 0 Å². The second-order valence-corrected chi connectivity index (χ2v) is 14.0. The Labute approximate surface area is 317 Å². The smallest absolute Gasteiger partial charge is 0.170 e. The van der Waals surface area contributed by atoms with Crippen molar-refractivity contribution in [3.05, 3.63) is 179 Å². The molecule has 0 saturated carbocycles. The molecule has 0 aliphatic rings. The Balaban J connectivity index is 0.000000167. The minimum absolute atomic E-state index is 0.198. The number of aromatic nitrogens is 4. The molecule has 268 valence electrons. The molecule has 6 aromatic carbocycles. The van der Waals surface area contributed by atoms with Crippen molar-refractivity contribution in [3.8, 4) is 67.9 Å². The van der Waals surface area contributed by atoms with Crippen LogP contribution in [0.4, 0.5) is 0 Å². The molecule has 0 amide bonds. The lowest BCUT2D eigenvalue weighted by Gasteiger charge is -2.10. The lowest BCUT2D eigenvalue weighted by molar-refractivity contribution is 0.478. The minimum Gasteiger partial charge on any atom is -0.504 e. The summed E-state index contributed by atoms with van der Waals surface area (Å²) < 4.78 is 3.69. The molecular formula is C48H44N4O2. The molecule has 0 atom stereocenters. The first kappa shape index (κ1) is 35.7. The molecule has 6 heteroatoms. The summed E-state index contributed by atoms with van der Waals surface area (Å²) in [5.41, 5.74) is 15.1. The Kier molecular flexibility index (Phi) is 10.0. The maximum atomic E-state index is 11.1. The van der Waals surface area contributed by atoms with E-state index in [2.05, 4.69) is 58.0 Å². The number of nitrogens with zero attached hydrogens (tertiary/aromatic N) is 4. The van der Waals surface area contributed by atoms with Crippen LogP contribution in [0.3, 0.4) is 0 Å². The van der Waals surface area contributed by atoms with E-state index in [1.807, 2.05) is 138 Å². The number of hydrogen-bond acceptors (Lipinski definition) is 4. The van der Waals surface area contributed by atoms with Gasteiger partial charge in [0.15, 0.2) is 11.5 Å². The minimum atomic E-state index is 0.198. The summed E-state index contributed by atoms with van der Waals surface area (Å²) in [5.74, 6) is 0.398. The highest BCUT2D eigenvalue weighted by Gasteiger charge is 2.23. The maximum Gasteiger partial charge on any atom is 0.170 e. The van der Waals surface area contributed by atoms with E-state index in [1.165, 1.54) is 22.3 Å². The Morgan fingerprint density at radius 2 is 0.796 bits per heavy atom. The molecule has 0 spiro atoms. The molecule has 2 N–H and O–H groups in total. The average Bonchev–Trinajstić information content (AvgIpc) is 3.70. The molecule has 0 saturated heterocycles. The van der Waals surface area contributed by atoms with Crippen LogP contribution in [0, 0.1) is 41.5 Å². The Bertz CT molecular complexity index is 2540. The van der Waals surface area contributed by atoms with Gasteiger partial charge in [-0.3, -0.25) is 0 Å². The number of hydrogen-bond donors (Lipinski definition) is 2. The van der Waals surface area contributed by atoms with E-state index >= 15 is 0 Å². The molecule has 0 aliphatic carbocycles. The highest BCUT2D eigenvalue weighted by molar-refractivity contribution is 5.81. The van der Waals surface area contributed by atoms with E-state index in [9.17, 15) is 10.2 Å². The van der Waals surface area contributed by atoms with E-state index in [-0.39, 0.29) is 11.5 Å². The predicted octanol–water partition coefficient (Wildman–Crippen LogP) is 11.7. The van der Waals surface area contributed by atoms with Crippen LogP contribution in [0.5, 0.6) is 11.5 Å². The van der Waals surface area contributed by atoms with Crippen LogP contribution in [0.1, 0.15) is 33.4 Å². The fraction of sp³-hybridized carbons (Fsp3) is 0.125. The summed E-state index contributed by atoms with van der Waals surface area (Å²) >= 11 is 0. The second kappa shape index (κ2) is 15.1. The summed E-state index contributed by atoms with van der Waals surface area (Å²) in [6.45, 7) is 12.3. The molecule has 8 aromatic rings. The highest BCUT2D eigenvalue weighted by Crippen LogP contribution is 2.41. The third kappa shape index (κ3) is 7.32. The van der Waals surface area contributed by atoms with Gasteiger partial charge in [-0.25, -0.2) is 9.36 Å². The van der Waals surface area contributed by atoms with Gasteiger partial charge in [0.2, 0.25) is 0 Å². The van der Waals surface area contributed by atoms with Gasteiger partial charge in [0.25, 0.3) is 0 Å². The standard InChI is InChI=1S/2C24H22N2O/c1-16-7-11-19(12-8-16)22-24(27)23(20-13-9-17(2)10-14-20)26(25-22)21-6-4-5-18(3)15-21;1-16-8-12-19(13-9-16)22-24(27)23(20-14-10-17(2)11-15-20)26(25-22)21-7-5-4-6-18(21)3/h2*4-15,27H,1-3H3. The van der Waals surface area contributed by atoms with Gasteiger partial charge in [0.05, 0.1) is 11.4 Å². The zero-order valence-electron chi connectivity index (χ0n) is 31.5. The summed E-state index contributed by atoms with van der Waals surface area (Å²) in [6, 6.07) is 48.7. The quantitative estimate of drug-likeness (QED) is 0.180. The molecule has 0 fully saturated rings. The summed E-state index contributed by atoms with van der Waals surface area (Å²) in [5, 5.41) is 31.8. The number of para-hydroxylation sites is 1. The highest BCUT2D eigenvalue weighted by atomic mass is 16.3. The van der Waals surface area contributed by atoms with Gasteiger partial charge in [0, 0.05) is 22.3 Å². The van der Waals surface area contributed by atoms with Crippen LogP contribution in [-0.4, -0.2) is 29.8 Å². The van der Waals surface area contributed by atoms with Gasteiger partial charge in [-0.2, -0.15) is 10.2 Å². The fourth-order valence-corrected chi connectivity index (χ4v) is 6.49. The van der Waals surface area contributed by atoms with Gasteiger partial charge in [-0.1, -0.05) is 150 Å². The molecule has 0 unspecified atom stereocenters. The van der Waals surface area contributed by atoms with Crippen molar-refractivity contribution >= 4 is 0 Å². The van der Waals surface area contributed by atoms with Crippen molar-refractivity contribution in [1.29, 1.82) is 0 Å². The number of aryl methyl sites for hydroxylation is 6. The van der Waals surface area contributed by atoms with Crippen LogP contribution in [0.15, 0.2) is 146 Å². The third-order valence-corrected chi connectivity index (χ3v) is 9.61. The number of aromatic hydroxyl groups is 2. The van der Waals surface area contributed by atoms with Crippen molar-refractivity contribution in [1.82, 2.24) is 19.6 Å². The molecular weight excluding hydrogens is 665 g/mol. The van der Waals surface area contributed by atoms with E-state index < -0.39 is 0 Å². The second-order valence-electron chi connectivity index (χ2n) is 14.0. The topological polar surface area (TPSA) is 76.1 Å². The summed E-state index contributed by atoms with van der Waals surface area (Å²) in [4.78, 5) is 0. The lowest BCUT2D eigenvalue weighted by atomic mass is 10.1. The number of benzene rings is 6. The van der Waals surface area contributed by atoms with Crippen molar-refractivity contribution in [2.75, 3.05) is 0 Å². The average molecular weight is 709 g/mol. The normalized spacial score (nSPS) is 10.9.